The molecular weight excluding hydrogens is 208 g/mol. The highest BCUT2D eigenvalue weighted by Crippen LogP contribution is 2.23. The lowest BCUT2D eigenvalue weighted by atomic mass is 9.91. The van der Waals surface area contributed by atoms with Crippen molar-refractivity contribution in [3.8, 4) is 0 Å². The number of aliphatic hydroxyl groups excluding tert-OH is 1. The Morgan fingerprint density at radius 1 is 1.53 bits per heavy atom. The molecule has 2 unspecified atom stereocenters. The first-order valence-electron chi connectivity index (χ1n) is 5.53. The molecule has 1 saturated carbocycles. The van der Waals surface area contributed by atoms with Crippen molar-refractivity contribution >= 4 is 11.3 Å². The van der Waals surface area contributed by atoms with E-state index in [9.17, 15) is 5.11 Å². The molecule has 0 bridgehead atoms. The summed E-state index contributed by atoms with van der Waals surface area (Å²) in [5.41, 5.74) is 2.97. The fourth-order valence-electron chi connectivity index (χ4n) is 2.29. The standard InChI is InChI=1S/C11H18N2OS/c1-13(6-9-7-15-8-12-9)10-4-2-3-5-11(10)14/h7-8,10-11,14H,2-6H2,1H3. The number of aromatic nitrogens is 1. The highest BCUT2D eigenvalue weighted by molar-refractivity contribution is 7.07. The predicted octanol–water partition coefficient (Wildman–Crippen LogP) is 1.88. The van der Waals surface area contributed by atoms with Gasteiger partial charge in [-0.25, -0.2) is 4.98 Å². The smallest absolute Gasteiger partial charge is 0.0795 e. The molecule has 0 amide bonds. The van der Waals surface area contributed by atoms with E-state index in [-0.39, 0.29) is 6.10 Å². The van der Waals surface area contributed by atoms with E-state index in [0.717, 1.165) is 25.1 Å². The van der Waals surface area contributed by atoms with Crippen molar-refractivity contribution < 1.29 is 5.11 Å². The van der Waals surface area contributed by atoms with Gasteiger partial charge in [0, 0.05) is 18.0 Å². The third kappa shape index (κ3) is 2.77. The van der Waals surface area contributed by atoms with Gasteiger partial charge in [0.25, 0.3) is 0 Å². The van der Waals surface area contributed by atoms with Gasteiger partial charge in [0.1, 0.15) is 0 Å². The summed E-state index contributed by atoms with van der Waals surface area (Å²) in [4.78, 5) is 6.51. The van der Waals surface area contributed by atoms with Crippen molar-refractivity contribution in [2.45, 2.75) is 44.4 Å². The third-order valence-electron chi connectivity index (χ3n) is 3.15. The van der Waals surface area contributed by atoms with Crippen molar-refractivity contribution in [2.24, 2.45) is 0 Å². The molecular formula is C11H18N2OS. The average molecular weight is 226 g/mol. The van der Waals surface area contributed by atoms with Crippen LogP contribution in [0.15, 0.2) is 10.9 Å². The summed E-state index contributed by atoms with van der Waals surface area (Å²) in [6.45, 7) is 0.852. The highest BCUT2D eigenvalue weighted by Gasteiger charge is 2.26. The number of aliphatic hydroxyl groups is 1. The molecule has 1 N–H and O–H groups in total. The second kappa shape index (κ2) is 5.05. The van der Waals surface area contributed by atoms with Gasteiger partial charge in [-0.05, 0) is 19.9 Å². The second-order valence-electron chi connectivity index (χ2n) is 4.31. The molecule has 3 nitrogen and oxygen atoms in total. The summed E-state index contributed by atoms with van der Waals surface area (Å²) in [6.07, 6.45) is 4.32. The lowest BCUT2D eigenvalue weighted by Gasteiger charge is -2.34. The SMILES string of the molecule is CN(Cc1cscn1)C1CCCCC1O. The van der Waals surface area contributed by atoms with Gasteiger partial charge < -0.3 is 5.11 Å². The second-order valence-corrected chi connectivity index (χ2v) is 5.03. The molecule has 0 radical (unpaired) electrons. The molecule has 0 spiro atoms. The minimum absolute atomic E-state index is 0.151. The van der Waals surface area contributed by atoms with Crippen LogP contribution in [-0.2, 0) is 6.54 Å². The molecule has 1 fully saturated rings. The van der Waals surface area contributed by atoms with Gasteiger partial charge in [-0.15, -0.1) is 11.3 Å². The maximum Gasteiger partial charge on any atom is 0.0795 e. The lowest BCUT2D eigenvalue weighted by molar-refractivity contribution is 0.0284. The van der Waals surface area contributed by atoms with Crippen LogP contribution in [0.5, 0.6) is 0 Å². The van der Waals surface area contributed by atoms with E-state index in [4.69, 9.17) is 0 Å². The molecule has 15 heavy (non-hydrogen) atoms. The maximum atomic E-state index is 9.91. The molecule has 0 aromatic carbocycles. The van der Waals surface area contributed by atoms with Crippen molar-refractivity contribution in [3.05, 3.63) is 16.6 Å². The van der Waals surface area contributed by atoms with Crippen molar-refractivity contribution in [2.75, 3.05) is 7.05 Å². The summed E-state index contributed by atoms with van der Waals surface area (Å²) in [5.74, 6) is 0. The topological polar surface area (TPSA) is 36.4 Å². The normalized spacial score (nSPS) is 27.1. The summed E-state index contributed by atoms with van der Waals surface area (Å²) < 4.78 is 0. The summed E-state index contributed by atoms with van der Waals surface area (Å²) in [5, 5.41) is 12.0. The Morgan fingerprint density at radius 3 is 3.00 bits per heavy atom. The number of likely N-dealkylation sites (N-methyl/N-ethyl adjacent to an activating group) is 1. The van der Waals surface area contributed by atoms with Crippen LogP contribution in [0.25, 0.3) is 0 Å². The molecule has 1 aromatic rings. The molecule has 1 aromatic heterocycles. The number of nitrogens with zero attached hydrogens (tertiary/aromatic N) is 2. The van der Waals surface area contributed by atoms with Crippen LogP contribution in [0.3, 0.4) is 0 Å². The Kier molecular flexibility index (Phi) is 3.72. The first-order valence-corrected chi connectivity index (χ1v) is 6.47. The zero-order chi connectivity index (χ0) is 10.7. The summed E-state index contributed by atoms with van der Waals surface area (Å²) in [7, 11) is 2.08. The van der Waals surface area contributed by atoms with Crippen LogP contribution in [0.4, 0.5) is 0 Å². The van der Waals surface area contributed by atoms with E-state index in [1.807, 2.05) is 5.51 Å². The van der Waals surface area contributed by atoms with E-state index >= 15 is 0 Å². The zero-order valence-electron chi connectivity index (χ0n) is 9.09. The van der Waals surface area contributed by atoms with Crippen LogP contribution >= 0.6 is 11.3 Å². The van der Waals surface area contributed by atoms with Gasteiger partial charge in [-0.3, -0.25) is 4.90 Å². The van der Waals surface area contributed by atoms with Gasteiger partial charge in [0.15, 0.2) is 0 Å². The molecule has 84 valence electrons. The van der Waals surface area contributed by atoms with Gasteiger partial charge >= 0.3 is 0 Å². The Labute approximate surface area is 94.8 Å². The molecule has 0 aliphatic heterocycles. The van der Waals surface area contributed by atoms with Crippen LogP contribution < -0.4 is 0 Å². The summed E-state index contributed by atoms with van der Waals surface area (Å²) in [6, 6.07) is 0.320. The Hall–Kier alpha value is -0.450. The molecule has 1 aliphatic rings. The predicted molar refractivity (Wildman–Crippen MR) is 61.8 cm³/mol. The van der Waals surface area contributed by atoms with Crippen LogP contribution in [0, 0.1) is 0 Å². The van der Waals surface area contributed by atoms with Gasteiger partial charge in [-0.2, -0.15) is 0 Å². The fraction of sp³-hybridized carbons (Fsp3) is 0.727. The third-order valence-corrected chi connectivity index (χ3v) is 3.79. The minimum atomic E-state index is -0.151. The average Bonchev–Trinajstić information content (AvgIpc) is 2.71. The first-order chi connectivity index (χ1) is 7.27. The van der Waals surface area contributed by atoms with E-state index in [1.165, 1.54) is 12.8 Å². The summed E-state index contributed by atoms with van der Waals surface area (Å²) >= 11 is 1.63. The van der Waals surface area contributed by atoms with E-state index in [2.05, 4.69) is 22.3 Å². The minimum Gasteiger partial charge on any atom is -0.391 e. The number of hydrogen-bond donors (Lipinski definition) is 1. The Balaban J connectivity index is 1.91. The quantitative estimate of drug-likeness (QED) is 0.855. The van der Waals surface area contributed by atoms with Gasteiger partial charge in [-0.1, -0.05) is 12.8 Å². The van der Waals surface area contributed by atoms with Gasteiger partial charge in [0.2, 0.25) is 0 Å². The molecule has 4 heteroatoms. The first kappa shape index (κ1) is 11.0. The number of thiazole rings is 1. The van der Waals surface area contributed by atoms with E-state index < -0.39 is 0 Å². The van der Waals surface area contributed by atoms with Crippen LogP contribution in [-0.4, -0.2) is 34.2 Å². The Bertz CT molecular complexity index is 289. The highest BCUT2D eigenvalue weighted by atomic mass is 32.1. The largest absolute Gasteiger partial charge is 0.391 e. The Morgan fingerprint density at radius 2 is 2.33 bits per heavy atom. The van der Waals surface area contributed by atoms with Crippen molar-refractivity contribution in [1.82, 2.24) is 9.88 Å². The molecule has 0 saturated heterocycles. The monoisotopic (exact) mass is 226 g/mol. The fourth-order valence-corrected chi connectivity index (χ4v) is 2.84. The maximum absolute atomic E-state index is 9.91. The van der Waals surface area contributed by atoms with Crippen LogP contribution in [0.1, 0.15) is 31.4 Å². The van der Waals surface area contributed by atoms with Crippen molar-refractivity contribution in [3.63, 3.8) is 0 Å². The van der Waals surface area contributed by atoms with E-state index in [1.54, 1.807) is 11.3 Å². The molecule has 1 heterocycles. The number of rotatable bonds is 3. The van der Waals surface area contributed by atoms with Crippen molar-refractivity contribution in [1.29, 1.82) is 0 Å². The molecule has 2 rings (SSSR count). The molecule has 2 atom stereocenters. The number of hydrogen-bond acceptors (Lipinski definition) is 4. The lowest BCUT2D eigenvalue weighted by Crippen LogP contribution is -2.42. The van der Waals surface area contributed by atoms with Crippen LogP contribution in [0.2, 0.25) is 0 Å². The zero-order valence-corrected chi connectivity index (χ0v) is 9.91. The molecule has 1 aliphatic carbocycles. The van der Waals surface area contributed by atoms with E-state index in [0.29, 0.717) is 6.04 Å². The van der Waals surface area contributed by atoms with Gasteiger partial charge in [0.05, 0.1) is 17.3 Å².